The summed E-state index contributed by atoms with van der Waals surface area (Å²) in [5, 5.41) is 14.4. The van der Waals surface area contributed by atoms with E-state index in [0.29, 0.717) is 26.1 Å². The van der Waals surface area contributed by atoms with Crippen molar-refractivity contribution in [2.24, 2.45) is 0 Å². The third-order valence-corrected chi connectivity index (χ3v) is 4.93. The summed E-state index contributed by atoms with van der Waals surface area (Å²) in [5.41, 5.74) is 0.292. The second kappa shape index (κ2) is 16.4. The maximum absolute atomic E-state index is 11.5. The summed E-state index contributed by atoms with van der Waals surface area (Å²) in [4.78, 5) is 79.4. The van der Waals surface area contributed by atoms with Gasteiger partial charge < -0.3 is 21.3 Å². The molecule has 1 atom stereocenters. The lowest BCUT2D eigenvalue weighted by atomic mass is 10.4. The average molecular weight is 539 g/mol. The molecule has 37 heavy (non-hydrogen) atoms. The first-order valence-electron chi connectivity index (χ1n) is 11.0. The summed E-state index contributed by atoms with van der Waals surface area (Å²) in [7, 11) is 0.586. The fourth-order valence-electron chi connectivity index (χ4n) is 2.35. The average Bonchev–Trinajstić information content (AvgIpc) is 2.76. The van der Waals surface area contributed by atoms with Gasteiger partial charge in [-0.05, 0) is 20.0 Å². The number of aryl methyl sites for hydroxylation is 2. The zero-order chi connectivity index (χ0) is 27.8. The van der Waals surface area contributed by atoms with E-state index in [0.717, 1.165) is 6.16 Å². The maximum atomic E-state index is 11.5. The summed E-state index contributed by atoms with van der Waals surface area (Å²) in [6, 6.07) is 1.49. The lowest BCUT2D eigenvalue weighted by Gasteiger charge is -2.08. The molecule has 202 valence electrons. The number of amides is 6. The minimum Gasteiger partial charge on any atom is -0.339 e. The van der Waals surface area contributed by atoms with E-state index in [9.17, 15) is 28.8 Å². The van der Waals surface area contributed by atoms with Gasteiger partial charge in [0.25, 0.3) is 11.1 Å². The van der Waals surface area contributed by atoms with E-state index in [1.165, 1.54) is 19.1 Å². The van der Waals surface area contributed by atoms with Gasteiger partial charge in [0.05, 0.1) is 13.3 Å². The van der Waals surface area contributed by atoms with Crippen LogP contribution < -0.4 is 43.0 Å². The van der Waals surface area contributed by atoms with Crippen molar-refractivity contribution in [1.82, 2.24) is 41.2 Å². The molecule has 0 fully saturated rings. The van der Waals surface area contributed by atoms with Gasteiger partial charge >= 0.3 is 12.1 Å². The minimum absolute atomic E-state index is 0.00276. The summed E-state index contributed by atoms with van der Waals surface area (Å²) in [6.07, 6.45) is 1.43. The van der Waals surface area contributed by atoms with Crippen molar-refractivity contribution < 1.29 is 19.2 Å². The molecule has 8 N–H and O–H groups in total. The standard InChI is InChI=1S/C11H18N5O3P.C9H13N5O3/c1-3-20-5-9(18)12-6-13-11(19)16-10-14-7(2)4-8(17)15-10;1-5-3-7(16)13-8(12-5)14-9(17)11-4-10-6(2)15/h4,20H,3,5-6H2,1-2H3,(H,12,18)(H3,13,14,15,16,17,19);3H,4H2,1-2H3,(H,10,15)(H3,11,12,13,14,16,17). The van der Waals surface area contributed by atoms with Crippen molar-refractivity contribution >= 4 is 44.4 Å². The third-order valence-electron chi connectivity index (χ3n) is 3.86. The van der Waals surface area contributed by atoms with Crippen molar-refractivity contribution in [2.45, 2.75) is 27.7 Å². The predicted molar refractivity (Wildman–Crippen MR) is 139 cm³/mol. The Kier molecular flexibility index (Phi) is 13.6. The first-order valence-corrected chi connectivity index (χ1v) is 12.4. The Hall–Kier alpha value is -4.33. The summed E-state index contributed by atoms with van der Waals surface area (Å²) in [6.45, 7) is 6.64. The Bertz CT molecular complexity index is 1200. The Labute approximate surface area is 213 Å². The smallest absolute Gasteiger partial charge is 0.322 e. The number of aromatic amines is 2. The van der Waals surface area contributed by atoms with Gasteiger partial charge in [0.2, 0.25) is 23.7 Å². The summed E-state index contributed by atoms with van der Waals surface area (Å²) in [5.74, 6) is -0.249. The molecule has 6 amide bonds. The molecule has 17 heteroatoms. The van der Waals surface area contributed by atoms with E-state index in [1.54, 1.807) is 13.8 Å². The van der Waals surface area contributed by atoms with Gasteiger partial charge in [-0.3, -0.25) is 39.8 Å². The number of aromatic nitrogens is 4. The molecule has 0 saturated heterocycles. The number of hydrogen-bond donors (Lipinski definition) is 8. The van der Waals surface area contributed by atoms with Gasteiger partial charge in [-0.25, -0.2) is 19.6 Å². The Balaban J connectivity index is 0.000000375. The molecule has 0 spiro atoms. The van der Waals surface area contributed by atoms with Crippen LogP contribution in [-0.2, 0) is 9.59 Å². The van der Waals surface area contributed by atoms with Crippen LogP contribution in [0, 0.1) is 13.8 Å². The van der Waals surface area contributed by atoms with Crippen LogP contribution in [-0.4, -0.2) is 69.5 Å². The number of H-pyrrole nitrogens is 2. The molecular formula is C20H31N10O6P. The number of anilines is 2. The lowest BCUT2D eigenvalue weighted by molar-refractivity contribution is -0.119. The SMILES string of the molecule is CC(=O)NCNC(=O)Nc1nc(C)cc(=O)[nH]1.CCPCC(=O)NCNC(=O)Nc1nc(C)cc(=O)[nH]1. The fraction of sp³-hybridized carbons (Fsp3) is 0.400. The van der Waals surface area contributed by atoms with Crippen LogP contribution in [0.4, 0.5) is 21.5 Å². The molecule has 0 aliphatic carbocycles. The zero-order valence-electron chi connectivity index (χ0n) is 20.8. The molecular weight excluding hydrogens is 507 g/mol. The number of rotatable bonds is 9. The highest BCUT2D eigenvalue weighted by Gasteiger charge is 2.06. The molecule has 1 unspecified atom stereocenters. The molecule has 2 aromatic rings. The van der Waals surface area contributed by atoms with Gasteiger partial charge in [0.15, 0.2) is 0 Å². The third kappa shape index (κ3) is 14.6. The number of hydrogen-bond acceptors (Lipinski definition) is 8. The highest BCUT2D eigenvalue weighted by Crippen LogP contribution is 2.05. The van der Waals surface area contributed by atoms with Crippen LogP contribution in [0.5, 0.6) is 0 Å². The van der Waals surface area contributed by atoms with Crippen LogP contribution in [0.2, 0.25) is 0 Å². The first kappa shape index (κ1) is 30.7. The van der Waals surface area contributed by atoms with E-state index in [-0.39, 0.29) is 48.2 Å². The number of carbonyl (C=O) groups is 4. The van der Waals surface area contributed by atoms with Crippen molar-refractivity contribution in [1.29, 1.82) is 0 Å². The van der Waals surface area contributed by atoms with Gasteiger partial charge in [-0.1, -0.05) is 6.92 Å². The Morgan fingerprint density at radius 1 is 0.811 bits per heavy atom. The molecule has 2 aromatic heterocycles. The van der Waals surface area contributed by atoms with Crippen LogP contribution in [0.1, 0.15) is 25.2 Å². The van der Waals surface area contributed by atoms with E-state index in [4.69, 9.17) is 0 Å². The van der Waals surface area contributed by atoms with Gasteiger partial charge in [0, 0.05) is 36.6 Å². The molecule has 16 nitrogen and oxygen atoms in total. The second-order valence-electron chi connectivity index (χ2n) is 7.20. The number of urea groups is 2. The minimum atomic E-state index is -0.576. The lowest BCUT2D eigenvalue weighted by Crippen LogP contribution is -2.40. The highest BCUT2D eigenvalue weighted by molar-refractivity contribution is 7.39. The molecule has 0 bridgehead atoms. The maximum Gasteiger partial charge on any atom is 0.322 e. The van der Waals surface area contributed by atoms with Crippen LogP contribution in [0.25, 0.3) is 0 Å². The zero-order valence-corrected chi connectivity index (χ0v) is 21.8. The van der Waals surface area contributed by atoms with Crippen molar-refractivity contribution in [2.75, 3.05) is 36.3 Å². The van der Waals surface area contributed by atoms with E-state index in [1.807, 2.05) is 6.92 Å². The Morgan fingerprint density at radius 2 is 1.27 bits per heavy atom. The molecule has 2 heterocycles. The highest BCUT2D eigenvalue weighted by atomic mass is 31.1. The van der Waals surface area contributed by atoms with Gasteiger partial charge in [0.1, 0.15) is 0 Å². The fourth-order valence-corrected chi connectivity index (χ4v) is 2.96. The number of carbonyl (C=O) groups excluding carboxylic acids is 4. The predicted octanol–water partition coefficient (Wildman–Crippen LogP) is -0.735. The molecule has 0 saturated carbocycles. The van der Waals surface area contributed by atoms with Crippen molar-refractivity contribution in [3.8, 4) is 0 Å². The largest absolute Gasteiger partial charge is 0.339 e. The Morgan fingerprint density at radius 3 is 1.68 bits per heavy atom. The second-order valence-corrected chi connectivity index (χ2v) is 8.76. The van der Waals surface area contributed by atoms with Crippen LogP contribution in [0.15, 0.2) is 21.7 Å². The molecule has 0 aliphatic heterocycles. The molecule has 2 rings (SSSR count). The summed E-state index contributed by atoms with van der Waals surface area (Å²) < 4.78 is 0. The topological polar surface area (TPSA) is 232 Å². The molecule has 0 aliphatic rings. The van der Waals surface area contributed by atoms with Crippen molar-refractivity contribution in [3.05, 3.63) is 44.2 Å². The summed E-state index contributed by atoms with van der Waals surface area (Å²) >= 11 is 0. The first-order chi connectivity index (χ1) is 17.5. The van der Waals surface area contributed by atoms with Crippen LogP contribution in [0.3, 0.4) is 0 Å². The normalized spacial score (nSPS) is 10.1. The molecule has 0 radical (unpaired) electrons. The molecule has 0 aromatic carbocycles. The monoisotopic (exact) mass is 538 g/mol. The number of nitrogens with one attached hydrogen (secondary N) is 8. The van der Waals surface area contributed by atoms with Crippen LogP contribution >= 0.6 is 8.58 Å². The van der Waals surface area contributed by atoms with Gasteiger partial charge in [-0.15, -0.1) is 8.58 Å². The van der Waals surface area contributed by atoms with E-state index in [2.05, 4.69) is 51.8 Å². The quantitative estimate of drug-likeness (QED) is 0.149. The van der Waals surface area contributed by atoms with Crippen molar-refractivity contribution in [3.63, 3.8) is 0 Å². The van der Waals surface area contributed by atoms with E-state index >= 15 is 0 Å². The van der Waals surface area contributed by atoms with E-state index < -0.39 is 12.1 Å². The number of nitrogens with zero attached hydrogens (tertiary/aromatic N) is 2. The van der Waals surface area contributed by atoms with Gasteiger partial charge in [-0.2, -0.15) is 0 Å².